The van der Waals surface area contributed by atoms with E-state index in [4.69, 9.17) is 0 Å². The first kappa shape index (κ1) is 16.8. The third-order valence-corrected chi connectivity index (χ3v) is 5.29. The number of thioether (sulfide) groups is 1. The molecule has 1 aliphatic heterocycles. The predicted octanol–water partition coefficient (Wildman–Crippen LogP) is 3.66. The summed E-state index contributed by atoms with van der Waals surface area (Å²) >= 11 is 1.58. The molecule has 0 bridgehead atoms. The number of hydrogen-bond donors (Lipinski definition) is 0. The summed E-state index contributed by atoms with van der Waals surface area (Å²) < 4.78 is 13.9. The summed E-state index contributed by atoms with van der Waals surface area (Å²) in [7, 11) is 0. The Labute approximate surface area is 146 Å². The van der Waals surface area contributed by atoms with Crippen molar-refractivity contribution in [3.63, 3.8) is 0 Å². The highest BCUT2D eigenvalue weighted by Crippen LogP contribution is 2.25. The van der Waals surface area contributed by atoms with Crippen LogP contribution in [0.15, 0.2) is 59.5 Å². The Morgan fingerprint density at radius 2 is 1.62 bits per heavy atom. The van der Waals surface area contributed by atoms with Crippen molar-refractivity contribution in [1.29, 1.82) is 0 Å². The van der Waals surface area contributed by atoms with E-state index in [1.165, 1.54) is 6.07 Å². The van der Waals surface area contributed by atoms with Gasteiger partial charge in [-0.2, -0.15) is 0 Å². The molecule has 126 valence electrons. The smallest absolute Gasteiger partial charge is 0.235 e. The maximum absolute atomic E-state index is 13.9. The Morgan fingerprint density at radius 3 is 2.29 bits per heavy atom. The van der Waals surface area contributed by atoms with E-state index >= 15 is 0 Å². The SMILES string of the molecule is C[C@H](Sc1ccccc1)C(=O)N1CCN(c2ccccc2F)CC1. The number of nitrogens with zero attached hydrogens (tertiary/aromatic N) is 2. The van der Waals surface area contributed by atoms with Crippen molar-refractivity contribution in [3.8, 4) is 0 Å². The highest BCUT2D eigenvalue weighted by atomic mass is 32.2. The van der Waals surface area contributed by atoms with Gasteiger partial charge in [-0.15, -0.1) is 11.8 Å². The molecule has 1 heterocycles. The van der Waals surface area contributed by atoms with Crippen molar-refractivity contribution in [2.24, 2.45) is 0 Å². The molecule has 0 N–H and O–H groups in total. The van der Waals surface area contributed by atoms with Crippen LogP contribution < -0.4 is 4.90 Å². The lowest BCUT2D eigenvalue weighted by atomic mass is 10.2. The normalized spacial score (nSPS) is 16.1. The van der Waals surface area contributed by atoms with Gasteiger partial charge in [0.15, 0.2) is 0 Å². The van der Waals surface area contributed by atoms with Gasteiger partial charge in [0.25, 0.3) is 0 Å². The molecule has 0 aromatic heterocycles. The van der Waals surface area contributed by atoms with Gasteiger partial charge in [0.05, 0.1) is 10.9 Å². The van der Waals surface area contributed by atoms with Crippen molar-refractivity contribution in [2.45, 2.75) is 17.1 Å². The highest BCUT2D eigenvalue weighted by Gasteiger charge is 2.26. The maximum Gasteiger partial charge on any atom is 0.235 e. The van der Waals surface area contributed by atoms with Gasteiger partial charge in [-0.1, -0.05) is 30.3 Å². The van der Waals surface area contributed by atoms with Gasteiger partial charge >= 0.3 is 0 Å². The molecule has 3 nitrogen and oxygen atoms in total. The Balaban J connectivity index is 1.56. The number of amides is 1. The summed E-state index contributed by atoms with van der Waals surface area (Å²) in [5.41, 5.74) is 0.622. The molecule has 0 radical (unpaired) electrons. The Bertz CT molecular complexity index is 687. The average molecular weight is 344 g/mol. The van der Waals surface area contributed by atoms with Gasteiger partial charge in [0.2, 0.25) is 5.91 Å². The van der Waals surface area contributed by atoms with Gasteiger partial charge in [-0.3, -0.25) is 4.79 Å². The van der Waals surface area contributed by atoms with Gasteiger partial charge in [-0.25, -0.2) is 4.39 Å². The lowest BCUT2D eigenvalue weighted by Gasteiger charge is -2.37. The number of rotatable bonds is 4. The van der Waals surface area contributed by atoms with E-state index in [1.807, 2.05) is 53.1 Å². The van der Waals surface area contributed by atoms with Crippen LogP contribution in [-0.4, -0.2) is 42.2 Å². The van der Waals surface area contributed by atoms with Crippen LogP contribution in [0.5, 0.6) is 0 Å². The number of carbonyl (C=O) groups excluding carboxylic acids is 1. The van der Waals surface area contributed by atoms with E-state index in [1.54, 1.807) is 23.9 Å². The van der Waals surface area contributed by atoms with Crippen LogP contribution in [0.1, 0.15) is 6.92 Å². The summed E-state index contributed by atoms with van der Waals surface area (Å²) in [4.78, 5) is 17.6. The molecule has 2 aromatic carbocycles. The quantitative estimate of drug-likeness (QED) is 0.791. The second kappa shape index (κ2) is 7.71. The molecular formula is C19H21FN2OS. The molecule has 0 saturated carbocycles. The number of benzene rings is 2. The first-order valence-electron chi connectivity index (χ1n) is 8.15. The maximum atomic E-state index is 13.9. The molecule has 1 atom stereocenters. The van der Waals surface area contributed by atoms with Gasteiger partial charge in [-0.05, 0) is 31.2 Å². The lowest BCUT2D eigenvalue weighted by molar-refractivity contribution is -0.130. The Hall–Kier alpha value is -2.01. The zero-order chi connectivity index (χ0) is 16.9. The fraction of sp³-hybridized carbons (Fsp3) is 0.316. The molecule has 2 aromatic rings. The van der Waals surface area contributed by atoms with Gasteiger partial charge in [0, 0.05) is 31.1 Å². The van der Waals surface area contributed by atoms with Crippen LogP contribution in [0.25, 0.3) is 0 Å². The van der Waals surface area contributed by atoms with Crippen molar-refractivity contribution in [3.05, 3.63) is 60.4 Å². The van der Waals surface area contributed by atoms with Crippen molar-refractivity contribution in [1.82, 2.24) is 4.90 Å². The number of anilines is 1. The largest absolute Gasteiger partial charge is 0.366 e. The zero-order valence-corrected chi connectivity index (χ0v) is 14.5. The van der Waals surface area contributed by atoms with Crippen LogP contribution in [0, 0.1) is 5.82 Å². The molecule has 1 saturated heterocycles. The third-order valence-electron chi connectivity index (χ3n) is 4.19. The topological polar surface area (TPSA) is 23.6 Å². The number of para-hydroxylation sites is 1. The summed E-state index contributed by atoms with van der Waals surface area (Å²) in [6, 6.07) is 16.8. The first-order valence-corrected chi connectivity index (χ1v) is 9.03. The van der Waals surface area contributed by atoms with E-state index in [2.05, 4.69) is 0 Å². The predicted molar refractivity (Wildman–Crippen MR) is 97.0 cm³/mol. The van der Waals surface area contributed by atoms with Crippen LogP contribution in [0.4, 0.5) is 10.1 Å². The molecule has 0 spiro atoms. The third kappa shape index (κ3) is 3.90. The summed E-state index contributed by atoms with van der Waals surface area (Å²) in [5.74, 6) is -0.0534. The van der Waals surface area contributed by atoms with Crippen LogP contribution >= 0.6 is 11.8 Å². The summed E-state index contributed by atoms with van der Waals surface area (Å²) in [6.07, 6.45) is 0. The Kier molecular flexibility index (Phi) is 5.41. The van der Waals surface area contributed by atoms with Crippen molar-refractivity contribution < 1.29 is 9.18 Å². The molecule has 5 heteroatoms. The molecule has 3 rings (SSSR count). The van der Waals surface area contributed by atoms with Crippen LogP contribution in [0.3, 0.4) is 0 Å². The second-order valence-electron chi connectivity index (χ2n) is 5.84. The monoisotopic (exact) mass is 344 g/mol. The average Bonchev–Trinajstić information content (AvgIpc) is 2.62. The number of halogens is 1. The highest BCUT2D eigenvalue weighted by molar-refractivity contribution is 8.00. The van der Waals surface area contributed by atoms with Gasteiger partial charge < -0.3 is 9.80 Å². The van der Waals surface area contributed by atoms with Crippen LogP contribution in [0.2, 0.25) is 0 Å². The zero-order valence-electron chi connectivity index (χ0n) is 13.7. The molecule has 0 aliphatic carbocycles. The van der Waals surface area contributed by atoms with E-state index in [-0.39, 0.29) is 17.0 Å². The van der Waals surface area contributed by atoms with E-state index < -0.39 is 0 Å². The van der Waals surface area contributed by atoms with Crippen molar-refractivity contribution >= 4 is 23.4 Å². The first-order chi connectivity index (χ1) is 11.6. The molecule has 0 unspecified atom stereocenters. The fourth-order valence-electron chi connectivity index (χ4n) is 2.89. The Morgan fingerprint density at radius 1 is 1.00 bits per heavy atom. The van der Waals surface area contributed by atoms with Crippen LogP contribution in [-0.2, 0) is 4.79 Å². The molecule has 1 aliphatic rings. The van der Waals surface area contributed by atoms with E-state index in [0.29, 0.717) is 31.9 Å². The summed E-state index contributed by atoms with van der Waals surface area (Å²) in [5, 5.41) is -0.118. The summed E-state index contributed by atoms with van der Waals surface area (Å²) in [6.45, 7) is 4.54. The number of hydrogen-bond acceptors (Lipinski definition) is 3. The minimum absolute atomic E-state index is 0.118. The second-order valence-corrected chi connectivity index (χ2v) is 7.25. The lowest BCUT2D eigenvalue weighted by Crippen LogP contribution is -2.50. The fourth-order valence-corrected chi connectivity index (χ4v) is 3.86. The van der Waals surface area contributed by atoms with E-state index in [9.17, 15) is 9.18 Å². The molecule has 24 heavy (non-hydrogen) atoms. The minimum atomic E-state index is -0.203. The van der Waals surface area contributed by atoms with Gasteiger partial charge in [0.1, 0.15) is 5.82 Å². The molecule has 1 amide bonds. The number of carbonyl (C=O) groups is 1. The standard InChI is InChI=1S/C19H21FN2OS/c1-15(24-16-7-3-2-4-8-16)19(23)22-13-11-21(12-14-22)18-10-6-5-9-17(18)20/h2-10,15H,11-14H2,1H3/t15-/m0/s1. The molecule has 1 fully saturated rings. The molecular weight excluding hydrogens is 323 g/mol. The minimum Gasteiger partial charge on any atom is -0.366 e. The number of piperazine rings is 1. The van der Waals surface area contributed by atoms with E-state index in [0.717, 1.165) is 4.90 Å². The van der Waals surface area contributed by atoms with Crippen molar-refractivity contribution in [2.75, 3.05) is 31.1 Å².